The Morgan fingerprint density at radius 1 is 1.19 bits per heavy atom. The first-order valence-electron chi connectivity index (χ1n) is 11.6. The second kappa shape index (κ2) is 11.4. The second-order valence-electron chi connectivity index (χ2n) is 8.95. The van der Waals surface area contributed by atoms with Crippen molar-refractivity contribution in [3.05, 3.63) is 29.8 Å². The number of hydrogen-bond donors (Lipinski definition) is 2. The lowest BCUT2D eigenvalue weighted by Crippen LogP contribution is -2.47. The van der Waals surface area contributed by atoms with Crippen molar-refractivity contribution >= 4 is 11.9 Å². The third-order valence-corrected chi connectivity index (χ3v) is 6.61. The van der Waals surface area contributed by atoms with Gasteiger partial charge in [-0.1, -0.05) is 31.4 Å². The number of likely N-dealkylation sites (tertiary alicyclic amines) is 1. The average molecular weight is 430 g/mol. The van der Waals surface area contributed by atoms with Crippen LogP contribution < -0.4 is 15.4 Å². The average Bonchev–Trinajstić information content (AvgIpc) is 3.27. The lowest BCUT2D eigenvalue weighted by molar-refractivity contribution is -0.135. The first kappa shape index (κ1) is 23.4. The summed E-state index contributed by atoms with van der Waals surface area (Å²) in [7, 11) is 7.65. The maximum absolute atomic E-state index is 12.8. The number of guanidine groups is 1. The predicted octanol–water partition coefficient (Wildman–Crippen LogP) is 2.64. The molecule has 0 aromatic heterocycles. The van der Waals surface area contributed by atoms with Crippen molar-refractivity contribution in [3.63, 3.8) is 0 Å². The molecule has 3 rings (SSSR count). The Morgan fingerprint density at radius 2 is 1.90 bits per heavy atom. The Balaban J connectivity index is 1.50. The van der Waals surface area contributed by atoms with Gasteiger partial charge in [0, 0.05) is 38.6 Å². The highest BCUT2D eigenvalue weighted by atomic mass is 16.5. The number of amides is 1. The number of ether oxygens (including phenoxy) is 1. The van der Waals surface area contributed by atoms with Crippen molar-refractivity contribution in [1.82, 2.24) is 20.4 Å². The summed E-state index contributed by atoms with van der Waals surface area (Å²) in [4.78, 5) is 21.5. The molecule has 1 amide bonds. The number of nitrogens with zero attached hydrogens (tertiary/aromatic N) is 3. The van der Waals surface area contributed by atoms with Crippen LogP contribution in [-0.2, 0) is 4.79 Å². The number of carbonyl (C=O) groups excluding carboxylic acids is 1. The van der Waals surface area contributed by atoms with Crippen LogP contribution in [0.15, 0.2) is 29.3 Å². The number of methoxy groups -OCH3 is 1. The molecule has 7 heteroatoms. The fourth-order valence-corrected chi connectivity index (χ4v) is 4.69. The summed E-state index contributed by atoms with van der Waals surface area (Å²) in [5.74, 6) is 2.26. The molecule has 2 fully saturated rings. The molecule has 2 N–H and O–H groups in total. The van der Waals surface area contributed by atoms with E-state index in [0.717, 1.165) is 50.6 Å². The zero-order chi connectivity index (χ0) is 22.2. The van der Waals surface area contributed by atoms with E-state index in [-0.39, 0.29) is 18.0 Å². The summed E-state index contributed by atoms with van der Waals surface area (Å²) < 4.78 is 5.28. The quantitative estimate of drug-likeness (QED) is 0.515. The number of benzene rings is 1. The number of aliphatic imine (C=N–C) groups is 1. The normalized spacial score (nSPS) is 21.3. The first-order chi connectivity index (χ1) is 15.0. The number of carbonyl (C=O) groups is 1. The molecule has 2 aliphatic rings. The molecule has 31 heavy (non-hydrogen) atoms. The van der Waals surface area contributed by atoms with E-state index >= 15 is 0 Å². The van der Waals surface area contributed by atoms with Gasteiger partial charge in [-0.15, -0.1) is 0 Å². The van der Waals surface area contributed by atoms with Crippen LogP contribution in [0, 0.1) is 5.92 Å². The highest BCUT2D eigenvalue weighted by Crippen LogP contribution is 2.27. The summed E-state index contributed by atoms with van der Waals surface area (Å²) in [6.45, 7) is 2.35. The molecule has 1 aromatic carbocycles. The molecule has 2 unspecified atom stereocenters. The Bertz CT molecular complexity index is 728. The molecule has 172 valence electrons. The molecule has 0 spiro atoms. The molecule has 1 aliphatic carbocycles. The predicted molar refractivity (Wildman–Crippen MR) is 125 cm³/mol. The van der Waals surface area contributed by atoms with E-state index in [1.807, 2.05) is 12.1 Å². The van der Waals surface area contributed by atoms with Crippen LogP contribution in [0.4, 0.5) is 0 Å². The summed E-state index contributed by atoms with van der Waals surface area (Å²) in [6.07, 6.45) is 6.77. The Kier molecular flexibility index (Phi) is 8.58. The first-order valence-corrected chi connectivity index (χ1v) is 11.6. The highest BCUT2D eigenvalue weighted by molar-refractivity contribution is 5.81. The van der Waals surface area contributed by atoms with Crippen molar-refractivity contribution in [2.75, 3.05) is 47.9 Å². The zero-order valence-electron chi connectivity index (χ0n) is 19.6. The van der Waals surface area contributed by atoms with Gasteiger partial charge in [-0.05, 0) is 51.1 Å². The van der Waals surface area contributed by atoms with Gasteiger partial charge in [0.15, 0.2) is 5.96 Å². The van der Waals surface area contributed by atoms with Gasteiger partial charge in [-0.2, -0.15) is 0 Å². The smallest absolute Gasteiger partial charge is 0.225 e. The van der Waals surface area contributed by atoms with Crippen LogP contribution in [0.1, 0.15) is 50.1 Å². The Labute approximate surface area is 187 Å². The van der Waals surface area contributed by atoms with Crippen LogP contribution in [-0.4, -0.2) is 75.6 Å². The van der Waals surface area contributed by atoms with E-state index in [0.29, 0.717) is 5.91 Å². The maximum atomic E-state index is 12.8. The third kappa shape index (κ3) is 6.35. The van der Waals surface area contributed by atoms with E-state index in [1.165, 1.54) is 24.8 Å². The van der Waals surface area contributed by atoms with Gasteiger partial charge in [0.2, 0.25) is 5.91 Å². The summed E-state index contributed by atoms with van der Waals surface area (Å²) in [5.41, 5.74) is 1.22. The largest absolute Gasteiger partial charge is 0.497 e. The second-order valence-corrected chi connectivity index (χ2v) is 8.95. The van der Waals surface area contributed by atoms with Crippen molar-refractivity contribution in [2.24, 2.45) is 10.9 Å². The van der Waals surface area contributed by atoms with Gasteiger partial charge >= 0.3 is 0 Å². The SMILES string of the molecule is CN=C(NCC(c1ccc(OC)cc1)N(C)C)NC1CCN(C(=O)C2CCCCC2)C1. The summed E-state index contributed by atoms with van der Waals surface area (Å²) in [5, 5.41) is 7.00. The molecule has 2 atom stereocenters. The Hall–Kier alpha value is -2.28. The van der Waals surface area contributed by atoms with Crippen LogP contribution in [0.2, 0.25) is 0 Å². The number of rotatable bonds is 7. The number of likely N-dealkylation sites (N-methyl/N-ethyl adjacent to an activating group) is 1. The molecular weight excluding hydrogens is 390 g/mol. The van der Waals surface area contributed by atoms with E-state index in [4.69, 9.17) is 4.74 Å². The Morgan fingerprint density at radius 3 is 2.52 bits per heavy atom. The summed E-state index contributed by atoms with van der Waals surface area (Å²) >= 11 is 0. The van der Waals surface area contributed by atoms with E-state index in [2.05, 4.69) is 51.7 Å². The third-order valence-electron chi connectivity index (χ3n) is 6.61. The van der Waals surface area contributed by atoms with Crippen molar-refractivity contribution < 1.29 is 9.53 Å². The molecule has 1 heterocycles. The van der Waals surface area contributed by atoms with Crippen LogP contribution >= 0.6 is 0 Å². The van der Waals surface area contributed by atoms with Gasteiger partial charge < -0.3 is 25.2 Å². The molecule has 1 saturated carbocycles. The van der Waals surface area contributed by atoms with E-state index in [1.54, 1.807) is 14.2 Å². The number of nitrogens with one attached hydrogen (secondary N) is 2. The molecule has 0 bridgehead atoms. The van der Waals surface area contributed by atoms with Crippen molar-refractivity contribution in [1.29, 1.82) is 0 Å². The molecule has 1 aliphatic heterocycles. The van der Waals surface area contributed by atoms with Crippen LogP contribution in [0.5, 0.6) is 5.75 Å². The standard InChI is InChI=1S/C24H39N5O2/c1-25-24(26-16-22(28(2)3)18-10-12-21(31-4)13-11-18)27-20-14-15-29(17-20)23(30)19-8-6-5-7-9-19/h10-13,19-20,22H,5-9,14-17H2,1-4H3,(H2,25,26,27). The summed E-state index contributed by atoms with van der Waals surface area (Å²) in [6, 6.07) is 8.65. The topological polar surface area (TPSA) is 69.2 Å². The fourth-order valence-electron chi connectivity index (χ4n) is 4.69. The minimum Gasteiger partial charge on any atom is -0.497 e. The van der Waals surface area contributed by atoms with Gasteiger partial charge in [-0.25, -0.2) is 0 Å². The van der Waals surface area contributed by atoms with Crippen LogP contribution in [0.25, 0.3) is 0 Å². The van der Waals surface area contributed by atoms with Gasteiger partial charge in [-0.3, -0.25) is 9.79 Å². The van der Waals surface area contributed by atoms with Gasteiger partial charge in [0.25, 0.3) is 0 Å². The van der Waals surface area contributed by atoms with Gasteiger partial charge in [0.1, 0.15) is 5.75 Å². The molecule has 1 aromatic rings. The monoisotopic (exact) mass is 429 g/mol. The van der Waals surface area contributed by atoms with E-state index < -0.39 is 0 Å². The van der Waals surface area contributed by atoms with Crippen LogP contribution in [0.3, 0.4) is 0 Å². The minimum atomic E-state index is 0.206. The molecule has 1 saturated heterocycles. The maximum Gasteiger partial charge on any atom is 0.225 e. The fraction of sp³-hybridized carbons (Fsp3) is 0.667. The van der Waals surface area contributed by atoms with Crippen molar-refractivity contribution in [3.8, 4) is 5.75 Å². The van der Waals surface area contributed by atoms with Crippen molar-refractivity contribution in [2.45, 2.75) is 50.6 Å². The molecular formula is C24H39N5O2. The number of hydrogen-bond acceptors (Lipinski definition) is 4. The minimum absolute atomic E-state index is 0.206. The lowest BCUT2D eigenvalue weighted by atomic mass is 9.88. The zero-order valence-corrected chi connectivity index (χ0v) is 19.6. The molecule has 7 nitrogen and oxygen atoms in total. The lowest BCUT2D eigenvalue weighted by Gasteiger charge is -2.27. The van der Waals surface area contributed by atoms with Gasteiger partial charge in [0.05, 0.1) is 13.2 Å². The molecule has 0 radical (unpaired) electrons. The van der Waals surface area contributed by atoms with E-state index in [9.17, 15) is 4.79 Å². The highest BCUT2D eigenvalue weighted by Gasteiger charge is 2.31.